The Morgan fingerprint density at radius 1 is 1.21 bits per heavy atom. The second kappa shape index (κ2) is 8.82. The Balaban J connectivity index is 2.08. The minimum Gasteiger partial charge on any atom is -0.495 e. The molecule has 0 aliphatic rings. The lowest BCUT2D eigenvalue weighted by atomic mass is 10.2. The van der Waals surface area contributed by atoms with Gasteiger partial charge in [-0.1, -0.05) is 29.8 Å². The van der Waals surface area contributed by atoms with E-state index in [0.29, 0.717) is 0 Å². The average molecular weight is 446 g/mol. The van der Waals surface area contributed by atoms with Crippen molar-refractivity contribution in [2.75, 3.05) is 30.4 Å². The highest BCUT2D eigenvalue weighted by molar-refractivity contribution is 9.10. The van der Waals surface area contributed by atoms with Crippen molar-refractivity contribution in [1.82, 2.24) is 14.5 Å². The summed E-state index contributed by atoms with van der Waals surface area (Å²) in [5.41, 5.74) is 3.97. The second-order valence-electron chi connectivity index (χ2n) is 6.91. The highest BCUT2D eigenvalue weighted by Gasteiger charge is 2.18. The Labute approximate surface area is 175 Å². The van der Waals surface area contributed by atoms with E-state index in [1.165, 1.54) is 0 Å². The lowest BCUT2D eigenvalue weighted by Crippen LogP contribution is -2.26. The van der Waals surface area contributed by atoms with Gasteiger partial charge in [-0.15, -0.1) is 0 Å². The molecule has 0 spiro atoms. The maximum absolute atomic E-state index is 5.57. The quantitative estimate of drug-likeness (QED) is 0.501. The molecule has 0 radical (unpaired) electrons. The number of anilines is 3. The van der Waals surface area contributed by atoms with Crippen LogP contribution in [0.3, 0.4) is 0 Å². The number of hydrogen-bond donors (Lipinski definition) is 1. The maximum atomic E-state index is 5.57. The molecule has 3 aromatic rings. The molecule has 0 atom stereocenters. The molecular formula is C21H28BrN5O. The normalized spacial score (nSPS) is 11.1. The second-order valence-corrected chi connectivity index (χ2v) is 7.82. The molecule has 150 valence electrons. The molecule has 6 nitrogen and oxygen atoms in total. The molecule has 0 aliphatic heterocycles. The monoisotopic (exact) mass is 445 g/mol. The predicted octanol–water partition coefficient (Wildman–Crippen LogP) is 5.42. The smallest absolute Gasteiger partial charge is 0.208 e. The van der Waals surface area contributed by atoms with Gasteiger partial charge in [0.05, 0.1) is 18.3 Å². The molecule has 0 aliphatic carbocycles. The predicted molar refractivity (Wildman–Crippen MR) is 120 cm³/mol. The summed E-state index contributed by atoms with van der Waals surface area (Å²) >= 11 is 3.53. The third-order valence-electron chi connectivity index (χ3n) is 4.77. The highest BCUT2D eigenvalue weighted by Crippen LogP contribution is 2.35. The minimum atomic E-state index is 0.765. The van der Waals surface area contributed by atoms with Gasteiger partial charge in [-0.05, 0) is 43.5 Å². The van der Waals surface area contributed by atoms with Crippen molar-refractivity contribution in [3.8, 4) is 5.75 Å². The summed E-state index contributed by atoms with van der Waals surface area (Å²) in [6, 6.07) is 5.98. The van der Waals surface area contributed by atoms with Crippen molar-refractivity contribution in [1.29, 1.82) is 0 Å². The molecule has 0 bridgehead atoms. The van der Waals surface area contributed by atoms with Gasteiger partial charge in [0.15, 0.2) is 5.82 Å². The van der Waals surface area contributed by atoms with Crippen LogP contribution in [-0.2, 0) is 7.05 Å². The largest absolute Gasteiger partial charge is 0.495 e. The highest BCUT2D eigenvalue weighted by atomic mass is 79.9. The molecule has 0 amide bonds. The number of nitrogens with zero attached hydrogens (tertiary/aromatic N) is 4. The molecule has 3 rings (SSSR count). The van der Waals surface area contributed by atoms with E-state index in [-0.39, 0.29) is 0 Å². The zero-order chi connectivity index (χ0) is 20.3. The molecule has 0 saturated carbocycles. The molecule has 0 fully saturated rings. The number of fused-ring (bicyclic) bond motifs is 1. The van der Waals surface area contributed by atoms with Crippen LogP contribution in [0.25, 0.3) is 11.0 Å². The van der Waals surface area contributed by atoms with E-state index >= 15 is 0 Å². The van der Waals surface area contributed by atoms with Crippen LogP contribution in [0.1, 0.15) is 32.3 Å². The van der Waals surface area contributed by atoms with Crippen LogP contribution in [-0.4, -0.2) is 34.7 Å². The van der Waals surface area contributed by atoms with Crippen LogP contribution < -0.4 is 15.0 Å². The Morgan fingerprint density at radius 3 is 2.57 bits per heavy atom. The standard InChI is InChI=1S/C21H28BrN5O/c1-6-10-27(11-7-2)20-19-16(8-9-23-20)24-21(26(19)4)25-18-14(3)12-15(22)13-17(18)28-5/h8-9,12-13H,6-7,10-11H2,1-5H3,(H,24,25). The van der Waals surface area contributed by atoms with Crippen LogP contribution in [0.5, 0.6) is 5.75 Å². The molecule has 2 aromatic heterocycles. The van der Waals surface area contributed by atoms with E-state index in [9.17, 15) is 0 Å². The van der Waals surface area contributed by atoms with Gasteiger partial charge in [0.25, 0.3) is 0 Å². The first-order valence-electron chi connectivity index (χ1n) is 9.67. The first-order chi connectivity index (χ1) is 13.5. The lowest BCUT2D eigenvalue weighted by Gasteiger charge is -2.23. The van der Waals surface area contributed by atoms with Crippen molar-refractivity contribution >= 4 is 44.4 Å². The van der Waals surface area contributed by atoms with E-state index in [4.69, 9.17) is 14.7 Å². The van der Waals surface area contributed by atoms with Crippen molar-refractivity contribution < 1.29 is 4.74 Å². The number of ether oxygens (including phenoxy) is 1. The van der Waals surface area contributed by atoms with Crippen molar-refractivity contribution in [3.63, 3.8) is 0 Å². The van der Waals surface area contributed by atoms with E-state index < -0.39 is 0 Å². The number of aryl methyl sites for hydroxylation is 2. The fourth-order valence-electron chi connectivity index (χ4n) is 3.49. The number of nitrogens with one attached hydrogen (secondary N) is 1. The van der Waals surface area contributed by atoms with Gasteiger partial charge in [-0.3, -0.25) is 0 Å². The summed E-state index contributed by atoms with van der Waals surface area (Å²) in [6.07, 6.45) is 4.00. The summed E-state index contributed by atoms with van der Waals surface area (Å²) in [5, 5.41) is 3.47. The molecule has 1 aromatic carbocycles. The summed E-state index contributed by atoms with van der Waals surface area (Å²) in [6.45, 7) is 8.40. The van der Waals surface area contributed by atoms with Crippen molar-refractivity contribution in [2.24, 2.45) is 7.05 Å². The van der Waals surface area contributed by atoms with Crippen LogP contribution in [0.4, 0.5) is 17.5 Å². The van der Waals surface area contributed by atoms with Gasteiger partial charge >= 0.3 is 0 Å². The molecule has 1 N–H and O–H groups in total. The number of benzene rings is 1. The maximum Gasteiger partial charge on any atom is 0.208 e. The van der Waals surface area contributed by atoms with Crippen LogP contribution in [0, 0.1) is 6.92 Å². The molecule has 2 heterocycles. The van der Waals surface area contributed by atoms with Gasteiger partial charge in [-0.25, -0.2) is 9.97 Å². The Kier molecular flexibility index (Phi) is 6.44. The van der Waals surface area contributed by atoms with Gasteiger partial charge in [0.2, 0.25) is 5.95 Å². The number of aromatic nitrogens is 3. The third kappa shape index (κ3) is 3.94. The van der Waals surface area contributed by atoms with Crippen LogP contribution in [0.2, 0.25) is 0 Å². The van der Waals surface area contributed by atoms with E-state index in [1.807, 2.05) is 25.4 Å². The number of imidazole rings is 1. The van der Waals surface area contributed by atoms with Gasteiger partial charge in [-0.2, -0.15) is 0 Å². The van der Waals surface area contributed by atoms with Crippen LogP contribution in [0.15, 0.2) is 28.9 Å². The minimum absolute atomic E-state index is 0.765. The Hall–Kier alpha value is -2.28. The first kappa shape index (κ1) is 20.5. The topological polar surface area (TPSA) is 55.2 Å². The van der Waals surface area contributed by atoms with E-state index in [2.05, 4.69) is 57.6 Å². The molecule has 0 unspecified atom stereocenters. The van der Waals surface area contributed by atoms with Crippen LogP contribution >= 0.6 is 15.9 Å². The average Bonchev–Trinajstić information content (AvgIpc) is 2.99. The molecule has 7 heteroatoms. The number of rotatable bonds is 8. The summed E-state index contributed by atoms with van der Waals surface area (Å²) in [5.74, 6) is 2.53. The van der Waals surface area contributed by atoms with Gasteiger partial charge < -0.3 is 19.5 Å². The van der Waals surface area contributed by atoms with Crippen molar-refractivity contribution in [3.05, 3.63) is 34.4 Å². The third-order valence-corrected chi connectivity index (χ3v) is 5.23. The van der Waals surface area contributed by atoms with Gasteiger partial charge in [0.1, 0.15) is 11.3 Å². The molecular weight excluding hydrogens is 418 g/mol. The molecule has 28 heavy (non-hydrogen) atoms. The van der Waals surface area contributed by atoms with E-state index in [0.717, 1.165) is 70.2 Å². The molecule has 0 saturated heterocycles. The fraction of sp³-hybridized carbons (Fsp3) is 0.429. The zero-order valence-electron chi connectivity index (χ0n) is 17.2. The van der Waals surface area contributed by atoms with Gasteiger partial charge in [0, 0.05) is 30.8 Å². The number of hydrogen-bond acceptors (Lipinski definition) is 5. The first-order valence-corrected chi connectivity index (χ1v) is 10.5. The summed E-state index contributed by atoms with van der Waals surface area (Å²) in [7, 11) is 3.70. The number of halogens is 1. The zero-order valence-corrected chi connectivity index (χ0v) is 18.8. The SMILES string of the molecule is CCCN(CCC)c1nccc2nc(Nc3c(C)cc(Br)cc3OC)n(C)c12. The fourth-order valence-corrected chi connectivity index (χ4v) is 4.04. The number of methoxy groups -OCH3 is 1. The number of pyridine rings is 1. The van der Waals surface area contributed by atoms with Crippen molar-refractivity contribution in [2.45, 2.75) is 33.6 Å². The summed E-state index contributed by atoms with van der Waals surface area (Å²) < 4.78 is 8.63. The Morgan fingerprint density at radius 2 is 1.93 bits per heavy atom. The Bertz CT molecular complexity index is 963. The lowest BCUT2D eigenvalue weighted by molar-refractivity contribution is 0.416. The van der Waals surface area contributed by atoms with E-state index in [1.54, 1.807) is 7.11 Å². The summed E-state index contributed by atoms with van der Waals surface area (Å²) in [4.78, 5) is 11.9.